The van der Waals surface area contributed by atoms with Crippen molar-refractivity contribution < 1.29 is 4.74 Å². The van der Waals surface area contributed by atoms with Gasteiger partial charge in [-0.1, -0.05) is 0 Å². The number of nitrogens with zero attached hydrogens (tertiary/aromatic N) is 6. The van der Waals surface area contributed by atoms with Crippen LogP contribution in [0.2, 0.25) is 0 Å². The van der Waals surface area contributed by atoms with Gasteiger partial charge in [-0.25, -0.2) is 14.6 Å². The van der Waals surface area contributed by atoms with Crippen molar-refractivity contribution in [3.8, 4) is 6.07 Å². The Bertz CT molecular complexity index is 666. The molecular weight excluding hydrogens is 268 g/mol. The van der Waals surface area contributed by atoms with E-state index in [1.54, 1.807) is 17.2 Å². The first-order valence-corrected chi connectivity index (χ1v) is 7.13. The van der Waals surface area contributed by atoms with Gasteiger partial charge in [-0.2, -0.15) is 10.4 Å². The first-order chi connectivity index (χ1) is 10.2. The Balaban J connectivity index is 1.96. The number of hydrogen-bond donors (Lipinski definition) is 0. The van der Waals surface area contributed by atoms with Crippen molar-refractivity contribution in [2.45, 2.75) is 39.0 Å². The Morgan fingerprint density at radius 3 is 2.81 bits per heavy atom. The molecule has 0 aromatic carbocycles. The molecule has 0 aliphatic carbocycles. The van der Waals surface area contributed by atoms with Crippen molar-refractivity contribution in [2.24, 2.45) is 0 Å². The lowest BCUT2D eigenvalue weighted by molar-refractivity contribution is -0.00537. The highest BCUT2D eigenvalue weighted by Gasteiger charge is 2.25. The predicted molar refractivity (Wildman–Crippen MR) is 77.8 cm³/mol. The number of hydrogen-bond acceptors (Lipinski definition) is 6. The van der Waals surface area contributed by atoms with Crippen molar-refractivity contribution in [3.63, 3.8) is 0 Å². The minimum absolute atomic E-state index is 0.174. The maximum atomic E-state index is 8.71. The molecule has 7 heteroatoms. The number of aromatic nitrogens is 4. The second-order valence-corrected chi connectivity index (χ2v) is 5.37. The molecule has 21 heavy (non-hydrogen) atoms. The van der Waals surface area contributed by atoms with Crippen molar-refractivity contribution in [3.05, 3.63) is 12.5 Å². The van der Waals surface area contributed by atoms with E-state index >= 15 is 0 Å². The molecular formula is C14H18N6O. The molecule has 0 N–H and O–H groups in total. The van der Waals surface area contributed by atoms with E-state index in [9.17, 15) is 0 Å². The Hall–Kier alpha value is -2.20. The van der Waals surface area contributed by atoms with Gasteiger partial charge in [-0.05, 0) is 13.8 Å². The number of anilines is 1. The smallest absolute Gasteiger partial charge is 0.163 e. The summed E-state index contributed by atoms with van der Waals surface area (Å²) < 4.78 is 7.53. The zero-order chi connectivity index (χ0) is 14.8. The fourth-order valence-electron chi connectivity index (χ4n) is 2.80. The number of nitriles is 1. The van der Waals surface area contributed by atoms with E-state index in [0.717, 1.165) is 29.9 Å². The normalized spacial score (nSPS) is 22.4. The summed E-state index contributed by atoms with van der Waals surface area (Å²) in [5, 5.41) is 14.0. The average molecular weight is 286 g/mol. The third kappa shape index (κ3) is 2.67. The van der Waals surface area contributed by atoms with Gasteiger partial charge in [-0.15, -0.1) is 0 Å². The standard InChI is InChI=1S/C14H18N6O/c1-10-7-19(8-11(2)21-10)13-12-6-18-20(5-3-4-15)14(12)17-9-16-13/h6,9-11H,3,5,7-8H2,1-2H3/t10-,11-/m1/s1. The molecule has 2 aromatic rings. The molecule has 0 unspecified atom stereocenters. The van der Waals surface area contributed by atoms with Gasteiger partial charge in [-0.3, -0.25) is 0 Å². The summed E-state index contributed by atoms with van der Waals surface area (Å²) in [5.41, 5.74) is 0.780. The zero-order valence-corrected chi connectivity index (χ0v) is 12.2. The first-order valence-electron chi connectivity index (χ1n) is 7.13. The Labute approximate surface area is 123 Å². The summed E-state index contributed by atoms with van der Waals surface area (Å²) in [6.45, 7) is 6.29. The predicted octanol–water partition coefficient (Wildman–Crippen LogP) is 1.35. The van der Waals surface area contributed by atoms with Crippen LogP contribution in [0.1, 0.15) is 20.3 Å². The molecule has 0 bridgehead atoms. The molecule has 110 valence electrons. The van der Waals surface area contributed by atoms with Crippen molar-refractivity contribution >= 4 is 16.9 Å². The number of morpholine rings is 1. The van der Waals surface area contributed by atoms with Crippen LogP contribution in [0.3, 0.4) is 0 Å². The largest absolute Gasteiger partial charge is 0.372 e. The van der Waals surface area contributed by atoms with Gasteiger partial charge in [0.05, 0.1) is 42.8 Å². The summed E-state index contributed by atoms with van der Waals surface area (Å²) in [6.07, 6.45) is 4.11. The SMILES string of the molecule is C[C@@H]1CN(c2ncnc3c2cnn3CCC#N)C[C@@H](C)O1. The van der Waals surface area contributed by atoms with E-state index in [0.29, 0.717) is 13.0 Å². The van der Waals surface area contributed by atoms with Crippen LogP contribution in [0.4, 0.5) is 5.82 Å². The molecule has 3 heterocycles. The molecule has 0 saturated carbocycles. The second kappa shape index (κ2) is 5.66. The van der Waals surface area contributed by atoms with E-state index in [-0.39, 0.29) is 12.2 Å². The van der Waals surface area contributed by atoms with Crippen LogP contribution in [0.15, 0.2) is 12.5 Å². The zero-order valence-electron chi connectivity index (χ0n) is 12.2. The molecule has 2 aromatic heterocycles. The number of rotatable bonds is 3. The topological polar surface area (TPSA) is 79.9 Å². The Morgan fingerprint density at radius 2 is 2.10 bits per heavy atom. The third-order valence-electron chi connectivity index (χ3n) is 3.57. The lowest BCUT2D eigenvalue weighted by atomic mass is 10.2. The summed E-state index contributed by atoms with van der Waals surface area (Å²) in [4.78, 5) is 11.0. The fourth-order valence-corrected chi connectivity index (χ4v) is 2.80. The van der Waals surface area contributed by atoms with Crippen molar-refractivity contribution in [1.82, 2.24) is 19.7 Å². The molecule has 1 aliphatic heterocycles. The van der Waals surface area contributed by atoms with Gasteiger partial charge in [0.2, 0.25) is 0 Å². The maximum absolute atomic E-state index is 8.71. The van der Waals surface area contributed by atoms with E-state index in [4.69, 9.17) is 10.00 Å². The van der Waals surface area contributed by atoms with Gasteiger partial charge in [0.25, 0.3) is 0 Å². The maximum Gasteiger partial charge on any atom is 0.163 e. The minimum atomic E-state index is 0.174. The molecule has 1 saturated heterocycles. The quantitative estimate of drug-likeness (QED) is 0.847. The molecule has 3 rings (SSSR count). The highest BCUT2D eigenvalue weighted by atomic mass is 16.5. The fraction of sp³-hybridized carbons (Fsp3) is 0.571. The van der Waals surface area contributed by atoms with Gasteiger partial charge >= 0.3 is 0 Å². The van der Waals surface area contributed by atoms with Crippen LogP contribution in [-0.2, 0) is 11.3 Å². The molecule has 7 nitrogen and oxygen atoms in total. The third-order valence-corrected chi connectivity index (χ3v) is 3.57. The van der Waals surface area contributed by atoms with E-state index < -0.39 is 0 Å². The summed E-state index contributed by atoms with van der Waals surface area (Å²) in [6, 6.07) is 2.13. The molecule has 0 spiro atoms. The lowest BCUT2D eigenvalue weighted by Gasteiger charge is -2.36. The highest BCUT2D eigenvalue weighted by molar-refractivity contribution is 5.86. The summed E-state index contributed by atoms with van der Waals surface area (Å²) in [5.74, 6) is 0.894. The van der Waals surface area contributed by atoms with E-state index in [1.165, 1.54) is 0 Å². The van der Waals surface area contributed by atoms with Crippen LogP contribution in [0, 0.1) is 11.3 Å². The van der Waals surface area contributed by atoms with Gasteiger partial charge in [0, 0.05) is 13.1 Å². The van der Waals surface area contributed by atoms with Crippen molar-refractivity contribution in [1.29, 1.82) is 5.26 Å². The Kier molecular flexibility index (Phi) is 3.71. The van der Waals surface area contributed by atoms with Crippen LogP contribution < -0.4 is 4.90 Å². The van der Waals surface area contributed by atoms with Crippen LogP contribution in [-0.4, -0.2) is 45.0 Å². The van der Waals surface area contributed by atoms with Crippen LogP contribution in [0.25, 0.3) is 11.0 Å². The number of ether oxygens (including phenoxy) is 1. The number of fused-ring (bicyclic) bond motifs is 1. The monoisotopic (exact) mass is 286 g/mol. The van der Waals surface area contributed by atoms with Crippen LogP contribution in [0.5, 0.6) is 0 Å². The molecule has 0 amide bonds. The Morgan fingerprint density at radius 1 is 1.33 bits per heavy atom. The summed E-state index contributed by atoms with van der Waals surface area (Å²) in [7, 11) is 0. The van der Waals surface area contributed by atoms with Gasteiger partial charge in [0.1, 0.15) is 12.1 Å². The average Bonchev–Trinajstić information content (AvgIpc) is 2.87. The molecule has 0 radical (unpaired) electrons. The van der Waals surface area contributed by atoms with E-state index in [1.807, 2.05) is 0 Å². The first kappa shape index (κ1) is 13.8. The van der Waals surface area contributed by atoms with Gasteiger partial charge < -0.3 is 9.64 Å². The molecule has 2 atom stereocenters. The molecule has 1 aliphatic rings. The van der Waals surface area contributed by atoms with Crippen molar-refractivity contribution in [2.75, 3.05) is 18.0 Å². The molecule has 1 fully saturated rings. The lowest BCUT2D eigenvalue weighted by Crippen LogP contribution is -2.45. The van der Waals surface area contributed by atoms with Crippen LogP contribution >= 0.6 is 0 Å². The minimum Gasteiger partial charge on any atom is -0.372 e. The van der Waals surface area contributed by atoms with E-state index in [2.05, 4.69) is 39.9 Å². The highest BCUT2D eigenvalue weighted by Crippen LogP contribution is 2.25. The number of aryl methyl sites for hydroxylation is 1. The summed E-state index contributed by atoms with van der Waals surface area (Å²) >= 11 is 0. The van der Waals surface area contributed by atoms with Gasteiger partial charge in [0.15, 0.2) is 5.65 Å². The second-order valence-electron chi connectivity index (χ2n) is 5.37.